The summed E-state index contributed by atoms with van der Waals surface area (Å²) in [6, 6.07) is 3.25. The van der Waals surface area contributed by atoms with E-state index in [0.717, 1.165) is 20.4 Å². The van der Waals surface area contributed by atoms with Crippen molar-refractivity contribution in [2.24, 2.45) is 5.92 Å². The first-order chi connectivity index (χ1) is 11.7. The summed E-state index contributed by atoms with van der Waals surface area (Å²) in [6.45, 7) is 8.15. The molecule has 1 aliphatic heterocycles. The molecule has 2 rings (SSSR count). The number of nitrogens with one attached hydrogen (secondary N) is 1. The number of aliphatic hydroxyl groups is 1. The molecule has 0 aromatic heterocycles. The van der Waals surface area contributed by atoms with Crippen LogP contribution in [0.25, 0.3) is 0 Å². The van der Waals surface area contributed by atoms with Gasteiger partial charge in [-0.1, -0.05) is 13.8 Å². The zero-order valence-corrected chi connectivity index (χ0v) is 17.2. The summed E-state index contributed by atoms with van der Waals surface area (Å²) in [5, 5.41) is 12.8. The number of hydrogen-bond acceptors (Lipinski definition) is 4. The zero-order chi connectivity index (χ0) is 18.7. The molecule has 1 fully saturated rings. The second kappa shape index (κ2) is 8.35. The molecule has 1 heterocycles. The van der Waals surface area contributed by atoms with Gasteiger partial charge in [-0.2, -0.15) is 0 Å². The number of carbonyl (C=O) groups is 2. The Hall–Kier alpha value is -1.35. The van der Waals surface area contributed by atoms with Gasteiger partial charge in [0, 0.05) is 15.7 Å². The van der Waals surface area contributed by atoms with E-state index in [0.29, 0.717) is 0 Å². The van der Waals surface area contributed by atoms with Gasteiger partial charge in [0.25, 0.3) is 0 Å². The fourth-order valence-electron chi connectivity index (χ4n) is 2.90. The molecule has 0 spiro atoms. The van der Waals surface area contributed by atoms with E-state index in [1.165, 1.54) is 4.90 Å². The Bertz CT molecular complexity index is 639. The third kappa shape index (κ3) is 5.07. The molecule has 0 saturated carbocycles. The number of hydrogen-bond donors (Lipinski definition) is 2. The number of benzene rings is 1. The van der Waals surface area contributed by atoms with E-state index in [-0.39, 0.29) is 31.4 Å². The highest BCUT2D eigenvalue weighted by Gasteiger charge is 2.40. The van der Waals surface area contributed by atoms with Crippen molar-refractivity contribution < 1.29 is 19.4 Å². The van der Waals surface area contributed by atoms with Crippen molar-refractivity contribution in [2.45, 2.75) is 46.3 Å². The number of aliphatic hydroxyl groups excluding tert-OH is 1. The van der Waals surface area contributed by atoms with E-state index < -0.39 is 18.2 Å². The van der Waals surface area contributed by atoms with Crippen LogP contribution in [0.4, 0.5) is 10.5 Å². The Morgan fingerprint density at radius 3 is 2.52 bits per heavy atom. The second-order valence-electron chi connectivity index (χ2n) is 6.93. The van der Waals surface area contributed by atoms with Crippen LogP contribution in [0.5, 0.6) is 0 Å². The molecule has 2 unspecified atom stereocenters. The Balaban J connectivity index is 2.12. The smallest absolute Gasteiger partial charge is 0.410 e. The first kappa shape index (κ1) is 20.0. The number of nitrogens with zero attached hydrogens (tertiary/aromatic N) is 1. The molecule has 0 bridgehead atoms. The van der Waals surface area contributed by atoms with E-state index >= 15 is 0 Å². The summed E-state index contributed by atoms with van der Waals surface area (Å²) < 4.78 is 6.32. The van der Waals surface area contributed by atoms with Crippen molar-refractivity contribution in [1.82, 2.24) is 4.90 Å². The van der Waals surface area contributed by atoms with Crippen LogP contribution in [0.15, 0.2) is 12.1 Å². The molecule has 6 nitrogen and oxygen atoms in total. The van der Waals surface area contributed by atoms with Gasteiger partial charge in [-0.3, -0.25) is 9.69 Å². The Morgan fingerprint density at radius 1 is 1.36 bits per heavy atom. The van der Waals surface area contributed by atoms with Crippen LogP contribution < -0.4 is 5.32 Å². The van der Waals surface area contributed by atoms with Crippen molar-refractivity contribution in [3.05, 3.63) is 26.8 Å². The van der Waals surface area contributed by atoms with E-state index in [1.807, 2.05) is 39.8 Å². The average molecular weight is 460 g/mol. The van der Waals surface area contributed by atoms with Gasteiger partial charge in [-0.25, -0.2) is 4.79 Å². The number of aryl methyl sites for hydroxylation is 2. The first-order valence-electron chi connectivity index (χ1n) is 8.38. The number of carbonyl (C=O) groups excluding carboxylic acids is 2. The molecule has 0 aliphatic carbocycles. The topological polar surface area (TPSA) is 78.9 Å². The van der Waals surface area contributed by atoms with Gasteiger partial charge in [0.1, 0.15) is 6.04 Å². The van der Waals surface area contributed by atoms with Crippen molar-refractivity contribution in [3.63, 3.8) is 0 Å². The van der Waals surface area contributed by atoms with Gasteiger partial charge in [0.05, 0.1) is 19.3 Å². The summed E-state index contributed by atoms with van der Waals surface area (Å²) in [7, 11) is 0. The molecular weight excluding hydrogens is 435 g/mol. The zero-order valence-electron chi connectivity index (χ0n) is 15.0. The normalized spacial score (nSPS) is 20.0. The predicted octanol–water partition coefficient (Wildman–Crippen LogP) is 3.07. The number of rotatable bonds is 4. The maximum atomic E-state index is 12.7. The largest absolute Gasteiger partial charge is 0.449 e. The van der Waals surface area contributed by atoms with Crippen molar-refractivity contribution in [1.29, 1.82) is 0 Å². The lowest BCUT2D eigenvalue weighted by Gasteiger charge is -2.24. The lowest BCUT2D eigenvalue weighted by atomic mass is 10.1. The highest BCUT2D eigenvalue weighted by Crippen LogP contribution is 2.26. The molecule has 7 heteroatoms. The molecule has 0 radical (unpaired) electrons. The van der Waals surface area contributed by atoms with Crippen molar-refractivity contribution >= 4 is 40.3 Å². The Morgan fingerprint density at radius 2 is 1.96 bits per heavy atom. The second-order valence-corrected chi connectivity index (χ2v) is 8.18. The van der Waals surface area contributed by atoms with Crippen molar-refractivity contribution in [3.8, 4) is 0 Å². The summed E-state index contributed by atoms with van der Waals surface area (Å²) >= 11 is 2.23. The minimum atomic E-state index is -0.729. The van der Waals surface area contributed by atoms with Crippen LogP contribution in [0.3, 0.4) is 0 Å². The van der Waals surface area contributed by atoms with Crippen LogP contribution >= 0.6 is 22.6 Å². The van der Waals surface area contributed by atoms with E-state index in [2.05, 4.69) is 27.9 Å². The minimum absolute atomic E-state index is 0.111. The molecule has 2 N–H and O–H groups in total. The molecule has 138 valence electrons. The quantitative estimate of drug-likeness (QED) is 0.678. The molecule has 2 amide bonds. The Labute approximate surface area is 162 Å². The highest BCUT2D eigenvalue weighted by atomic mass is 127. The van der Waals surface area contributed by atoms with Gasteiger partial charge >= 0.3 is 6.09 Å². The SMILES string of the molecule is Cc1cc(I)cc(C)c1NC(=O)C1CC(O)CN1C(=O)OCC(C)C. The van der Waals surface area contributed by atoms with E-state index in [1.54, 1.807) is 0 Å². The van der Waals surface area contributed by atoms with Gasteiger partial charge in [0.2, 0.25) is 5.91 Å². The number of ether oxygens (including phenoxy) is 1. The van der Waals surface area contributed by atoms with Crippen molar-refractivity contribution in [2.75, 3.05) is 18.5 Å². The fraction of sp³-hybridized carbons (Fsp3) is 0.556. The molecule has 25 heavy (non-hydrogen) atoms. The number of β-amino-alcohol motifs (C(OH)–C–C–N with tert-alkyl or cyclic N) is 1. The summed E-state index contributed by atoms with van der Waals surface area (Å²) in [6.07, 6.45) is -1.06. The van der Waals surface area contributed by atoms with Gasteiger partial charge in [-0.15, -0.1) is 0 Å². The standard InChI is InChI=1S/C18H25IN2O4/c1-10(2)9-25-18(24)21-8-14(22)7-15(21)17(23)20-16-11(3)5-13(19)6-12(16)4/h5-6,10,14-15,22H,7-9H2,1-4H3,(H,20,23). The maximum absolute atomic E-state index is 12.7. The molecular formula is C18H25IN2O4. The van der Waals surface area contributed by atoms with Crippen LogP contribution in [0.1, 0.15) is 31.4 Å². The lowest BCUT2D eigenvalue weighted by molar-refractivity contribution is -0.120. The Kier molecular flexibility index (Phi) is 6.67. The average Bonchev–Trinajstić information content (AvgIpc) is 2.90. The number of halogens is 1. The maximum Gasteiger partial charge on any atom is 0.410 e. The third-order valence-corrected chi connectivity index (χ3v) is 4.72. The summed E-state index contributed by atoms with van der Waals surface area (Å²) in [5.74, 6) is -0.0914. The highest BCUT2D eigenvalue weighted by molar-refractivity contribution is 14.1. The summed E-state index contributed by atoms with van der Waals surface area (Å²) in [5.41, 5.74) is 2.68. The van der Waals surface area contributed by atoms with Crippen LogP contribution in [0.2, 0.25) is 0 Å². The molecule has 1 saturated heterocycles. The number of likely N-dealkylation sites (tertiary alicyclic amines) is 1. The van der Waals surface area contributed by atoms with Gasteiger partial charge < -0.3 is 15.2 Å². The minimum Gasteiger partial charge on any atom is -0.449 e. The number of amides is 2. The lowest BCUT2D eigenvalue weighted by Crippen LogP contribution is -2.44. The molecule has 2 atom stereocenters. The molecule has 1 aromatic rings. The monoisotopic (exact) mass is 460 g/mol. The van der Waals surface area contributed by atoms with E-state index in [9.17, 15) is 14.7 Å². The third-order valence-electron chi connectivity index (χ3n) is 4.10. The number of anilines is 1. The predicted molar refractivity (Wildman–Crippen MR) is 105 cm³/mol. The van der Waals surface area contributed by atoms with Crippen LogP contribution in [-0.2, 0) is 9.53 Å². The first-order valence-corrected chi connectivity index (χ1v) is 9.46. The van der Waals surface area contributed by atoms with Crippen LogP contribution in [0, 0.1) is 23.3 Å². The molecule has 1 aromatic carbocycles. The van der Waals surface area contributed by atoms with Gasteiger partial charge in [0.15, 0.2) is 0 Å². The molecule has 1 aliphatic rings. The fourth-order valence-corrected chi connectivity index (χ4v) is 3.83. The van der Waals surface area contributed by atoms with E-state index in [4.69, 9.17) is 4.74 Å². The van der Waals surface area contributed by atoms with Gasteiger partial charge in [-0.05, 0) is 65.6 Å². The van der Waals surface area contributed by atoms with Crippen LogP contribution in [-0.4, -0.2) is 47.3 Å². The summed E-state index contributed by atoms with van der Waals surface area (Å²) in [4.78, 5) is 26.3.